The van der Waals surface area contributed by atoms with Crippen LogP contribution in [0.15, 0.2) is 28.2 Å². The summed E-state index contributed by atoms with van der Waals surface area (Å²) in [6.45, 7) is 4.15. The summed E-state index contributed by atoms with van der Waals surface area (Å²) in [4.78, 5) is 8.69. The lowest BCUT2D eigenvalue weighted by Gasteiger charge is -2.38. The highest BCUT2D eigenvalue weighted by Gasteiger charge is 2.41. The van der Waals surface area contributed by atoms with Crippen molar-refractivity contribution in [1.82, 2.24) is 0 Å². The van der Waals surface area contributed by atoms with Crippen molar-refractivity contribution in [3.8, 4) is 0 Å². The van der Waals surface area contributed by atoms with Gasteiger partial charge in [0.25, 0.3) is 0 Å². The number of guanidine groups is 1. The molecule has 1 atom stereocenters. The zero-order valence-corrected chi connectivity index (χ0v) is 14.3. The summed E-state index contributed by atoms with van der Waals surface area (Å²) in [7, 11) is 0. The fraction of sp³-hybridized carbons (Fsp3) is 0.429. The number of nitrogens with two attached hydrogens (primary N) is 2. The minimum atomic E-state index is -0.382. The van der Waals surface area contributed by atoms with E-state index >= 15 is 0 Å². The summed E-state index contributed by atoms with van der Waals surface area (Å²) in [6, 6.07) is 5.51. The second kappa shape index (κ2) is 6.86. The quantitative estimate of drug-likeness (QED) is 0.872. The standard InChI is InChI=1S/C14H18Cl2N4.ClH/c1-3-14(4-2)11(12(17)19-13(18)20-14)8-5-6-9(15)10(16)7-8;/h5-7,11H,3-4H2,1-2H3,(H4,17,18,19,20);1H. The van der Waals surface area contributed by atoms with Crippen LogP contribution in [0.25, 0.3) is 0 Å². The molecule has 7 heteroatoms. The van der Waals surface area contributed by atoms with Gasteiger partial charge in [-0.15, -0.1) is 12.4 Å². The van der Waals surface area contributed by atoms with Gasteiger partial charge in [0.05, 0.1) is 21.5 Å². The molecule has 1 aliphatic heterocycles. The van der Waals surface area contributed by atoms with Crippen molar-refractivity contribution in [3.63, 3.8) is 0 Å². The zero-order valence-electron chi connectivity index (χ0n) is 11.9. The zero-order chi connectivity index (χ0) is 14.9. The number of amidine groups is 1. The van der Waals surface area contributed by atoms with E-state index in [1.54, 1.807) is 6.07 Å². The molecule has 0 saturated heterocycles. The molecule has 4 N–H and O–H groups in total. The van der Waals surface area contributed by atoms with Crippen LogP contribution in [0.1, 0.15) is 38.2 Å². The number of nitrogens with zero attached hydrogens (tertiary/aromatic N) is 2. The predicted molar refractivity (Wildman–Crippen MR) is 93.0 cm³/mol. The van der Waals surface area contributed by atoms with Crippen molar-refractivity contribution in [2.45, 2.75) is 38.1 Å². The van der Waals surface area contributed by atoms with Gasteiger partial charge >= 0.3 is 0 Å². The first-order chi connectivity index (χ1) is 9.43. The minimum Gasteiger partial charge on any atom is -0.386 e. The van der Waals surface area contributed by atoms with Gasteiger partial charge in [-0.1, -0.05) is 43.1 Å². The average Bonchev–Trinajstić information content (AvgIpc) is 2.41. The van der Waals surface area contributed by atoms with Crippen LogP contribution in [-0.4, -0.2) is 17.3 Å². The van der Waals surface area contributed by atoms with E-state index in [4.69, 9.17) is 34.7 Å². The highest BCUT2D eigenvalue weighted by atomic mass is 35.5. The van der Waals surface area contributed by atoms with E-state index < -0.39 is 0 Å². The van der Waals surface area contributed by atoms with E-state index in [9.17, 15) is 0 Å². The third-order valence-electron chi connectivity index (χ3n) is 3.92. The summed E-state index contributed by atoms with van der Waals surface area (Å²) in [5.74, 6) is 0.571. The van der Waals surface area contributed by atoms with Crippen LogP contribution in [-0.2, 0) is 0 Å². The molecule has 1 aromatic rings. The molecule has 116 valence electrons. The van der Waals surface area contributed by atoms with Gasteiger partial charge in [-0.2, -0.15) is 0 Å². The molecule has 0 fully saturated rings. The molecule has 1 aromatic carbocycles. The van der Waals surface area contributed by atoms with Crippen LogP contribution >= 0.6 is 35.6 Å². The van der Waals surface area contributed by atoms with Gasteiger partial charge in [0, 0.05) is 0 Å². The Morgan fingerprint density at radius 3 is 2.29 bits per heavy atom. The molecule has 21 heavy (non-hydrogen) atoms. The predicted octanol–water partition coefficient (Wildman–Crippen LogP) is 3.74. The molecule has 0 aromatic heterocycles. The first kappa shape index (κ1) is 18.1. The van der Waals surface area contributed by atoms with E-state index in [0.717, 1.165) is 18.4 Å². The van der Waals surface area contributed by atoms with E-state index in [1.807, 2.05) is 12.1 Å². The van der Waals surface area contributed by atoms with E-state index in [1.165, 1.54) is 0 Å². The fourth-order valence-electron chi connectivity index (χ4n) is 2.78. The molecule has 0 radical (unpaired) electrons. The first-order valence-electron chi connectivity index (χ1n) is 6.58. The third kappa shape index (κ3) is 3.28. The van der Waals surface area contributed by atoms with E-state index in [0.29, 0.717) is 15.9 Å². The van der Waals surface area contributed by atoms with Gasteiger partial charge in [-0.05, 0) is 30.5 Å². The van der Waals surface area contributed by atoms with Gasteiger partial charge in [-0.25, -0.2) is 9.98 Å². The Morgan fingerprint density at radius 1 is 1.14 bits per heavy atom. The van der Waals surface area contributed by atoms with E-state index in [2.05, 4.69) is 23.8 Å². The van der Waals surface area contributed by atoms with Gasteiger partial charge in [0.15, 0.2) is 0 Å². The summed E-state index contributed by atoms with van der Waals surface area (Å²) in [5.41, 5.74) is 12.5. The molecule has 0 spiro atoms. The minimum absolute atomic E-state index is 0. The second-order valence-electron chi connectivity index (χ2n) is 4.92. The maximum Gasteiger partial charge on any atom is 0.217 e. The van der Waals surface area contributed by atoms with Crippen molar-refractivity contribution < 1.29 is 0 Å². The molecule has 2 rings (SSSR count). The van der Waals surface area contributed by atoms with Gasteiger partial charge in [-0.3, -0.25) is 0 Å². The average molecular weight is 350 g/mol. The van der Waals surface area contributed by atoms with Crippen LogP contribution < -0.4 is 11.5 Å². The van der Waals surface area contributed by atoms with Crippen molar-refractivity contribution >= 4 is 47.4 Å². The molecule has 1 aliphatic rings. The lowest BCUT2D eigenvalue weighted by molar-refractivity contribution is 0.368. The summed E-state index contributed by atoms with van der Waals surface area (Å²) in [6.07, 6.45) is 1.62. The van der Waals surface area contributed by atoms with Crippen molar-refractivity contribution in [2.75, 3.05) is 0 Å². The molecule has 1 unspecified atom stereocenters. The Kier molecular flexibility index (Phi) is 5.91. The molecule has 0 aliphatic carbocycles. The van der Waals surface area contributed by atoms with Gasteiger partial charge in [0.2, 0.25) is 5.96 Å². The lowest BCUT2D eigenvalue weighted by Crippen LogP contribution is -2.46. The first-order valence-corrected chi connectivity index (χ1v) is 7.33. The molecule has 1 heterocycles. The monoisotopic (exact) mass is 348 g/mol. The number of halogens is 3. The summed E-state index contributed by atoms with van der Waals surface area (Å²) in [5, 5.41) is 1.02. The topological polar surface area (TPSA) is 76.8 Å². The number of hydrogen-bond acceptors (Lipinski definition) is 4. The summed E-state index contributed by atoms with van der Waals surface area (Å²) >= 11 is 12.1. The Balaban J connectivity index is 0.00000220. The maximum atomic E-state index is 6.13. The Bertz CT molecular complexity index is 580. The fourth-order valence-corrected chi connectivity index (χ4v) is 3.09. The Hall–Kier alpha value is -0.970. The van der Waals surface area contributed by atoms with Crippen LogP contribution in [0.4, 0.5) is 0 Å². The van der Waals surface area contributed by atoms with Crippen LogP contribution in [0.5, 0.6) is 0 Å². The van der Waals surface area contributed by atoms with Crippen molar-refractivity contribution in [2.24, 2.45) is 21.5 Å². The normalized spacial score (nSPS) is 20.3. The van der Waals surface area contributed by atoms with Gasteiger partial charge < -0.3 is 11.5 Å². The van der Waals surface area contributed by atoms with Gasteiger partial charge in [0.1, 0.15) is 5.84 Å². The third-order valence-corrected chi connectivity index (χ3v) is 4.65. The number of benzene rings is 1. The molecule has 0 saturated carbocycles. The lowest BCUT2D eigenvalue weighted by atomic mass is 9.74. The highest BCUT2D eigenvalue weighted by Crippen LogP contribution is 2.41. The number of rotatable bonds is 3. The maximum absolute atomic E-state index is 6.13. The number of hydrogen-bond donors (Lipinski definition) is 2. The molecule has 0 amide bonds. The van der Waals surface area contributed by atoms with Crippen LogP contribution in [0.2, 0.25) is 10.0 Å². The molecular weight excluding hydrogens is 331 g/mol. The SMILES string of the molecule is CCC1(CC)N=C(N)N=C(N)C1c1ccc(Cl)c(Cl)c1.Cl. The molecule has 0 bridgehead atoms. The highest BCUT2D eigenvalue weighted by molar-refractivity contribution is 6.42. The second-order valence-corrected chi connectivity index (χ2v) is 5.74. The van der Waals surface area contributed by atoms with Crippen molar-refractivity contribution in [1.29, 1.82) is 0 Å². The molecule has 4 nitrogen and oxygen atoms in total. The van der Waals surface area contributed by atoms with Crippen LogP contribution in [0.3, 0.4) is 0 Å². The summed E-state index contributed by atoms with van der Waals surface area (Å²) < 4.78 is 0. The Morgan fingerprint density at radius 2 is 1.76 bits per heavy atom. The van der Waals surface area contributed by atoms with Crippen LogP contribution in [0, 0.1) is 0 Å². The Labute approximate surface area is 141 Å². The molecular formula is C14H19Cl3N4. The smallest absolute Gasteiger partial charge is 0.217 e. The number of aliphatic imine (C=N–C) groups is 2. The van der Waals surface area contributed by atoms with E-state index in [-0.39, 0.29) is 29.8 Å². The largest absolute Gasteiger partial charge is 0.386 e. The van der Waals surface area contributed by atoms with Crippen molar-refractivity contribution in [3.05, 3.63) is 33.8 Å².